The summed E-state index contributed by atoms with van der Waals surface area (Å²) in [5, 5.41) is 15.0. The molecule has 7 rings (SSSR count). The zero-order chi connectivity index (χ0) is 26.3. The van der Waals surface area contributed by atoms with Crippen molar-refractivity contribution in [3.63, 3.8) is 0 Å². The highest BCUT2D eigenvalue weighted by Crippen LogP contribution is 2.34. The Labute approximate surface area is 234 Å². The van der Waals surface area contributed by atoms with Crippen molar-refractivity contribution in [3.8, 4) is 11.1 Å². The van der Waals surface area contributed by atoms with E-state index in [9.17, 15) is 4.79 Å². The number of anilines is 2. The number of carbonyl (C=O) groups excluding carboxylic acids is 1. The number of aryl methyl sites for hydroxylation is 1. The maximum Gasteiger partial charge on any atom is 0.257 e. The van der Waals surface area contributed by atoms with Crippen molar-refractivity contribution in [2.75, 3.05) is 36.4 Å². The summed E-state index contributed by atoms with van der Waals surface area (Å²) in [5.74, 6) is -0.231. The number of halogens is 1. The third-order valence-corrected chi connectivity index (χ3v) is 8.50. The van der Waals surface area contributed by atoms with Crippen molar-refractivity contribution in [2.45, 2.75) is 25.4 Å². The quantitative estimate of drug-likeness (QED) is 0.316. The molecule has 2 N–H and O–H groups in total. The Kier molecular flexibility index (Phi) is 6.30. The van der Waals surface area contributed by atoms with Gasteiger partial charge in [0, 0.05) is 67.3 Å². The number of carbonyl (C=O) groups is 1. The molecule has 0 saturated carbocycles. The number of benzene rings is 2. The highest BCUT2D eigenvalue weighted by atomic mass is 35.5. The molecule has 0 spiro atoms. The molecule has 0 radical (unpaired) electrons. The highest BCUT2D eigenvalue weighted by Gasteiger charge is 2.32. The van der Waals surface area contributed by atoms with Gasteiger partial charge in [-0.05, 0) is 48.2 Å². The molecule has 5 aromatic rings. The molecule has 39 heavy (non-hydrogen) atoms. The molecular weight excluding hydrogens is 532 g/mol. The van der Waals surface area contributed by atoms with E-state index in [1.807, 2.05) is 30.0 Å². The van der Waals surface area contributed by atoms with Crippen molar-refractivity contribution in [1.82, 2.24) is 29.6 Å². The van der Waals surface area contributed by atoms with Gasteiger partial charge in [-0.1, -0.05) is 23.7 Å². The van der Waals surface area contributed by atoms with E-state index in [1.165, 1.54) is 17.0 Å². The summed E-state index contributed by atoms with van der Waals surface area (Å²) < 4.78 is 3.82. The van der Waals surface area contributed by atoms with Gasteiger partial charge in [-0.25, -0.2) is 9.97 Å². The maximum absolute atomic E-state index is 13.6. The third-order valence-electron chi connectivity index (χ3n) is 7.50. The number of thiazole rings is 1. The van der Waals surface area contributed by atoms with Crippen LogP contribution in [0.5, 0.6) is 0 Å². The predicted molar refractivity (Wildman–Crippen MR) is 155 cm³/mol. The van der Waals surface area contributed by atoms with Crippen LogP contribution in [0.4, 0.5) is 10.8 Å². The second-order valence-corrected chi connectivity index (χ2v) is 11.2. The van der Waals surface area contributed by atoms with E-state index in [0.29, 0.717) is 15.8 Å². The van der Waals surface area contributed by atoms with Crippen LogP contribution in [0, 0.1) is 0 Å². The molecule has 2 aromatic carbocycles. The van der Waals surface area contributed by atoms with Crippen molar-refractivity contribution >= 4 is 50.6 Å². The first-order valence-electron chi connectivity index (χ1n) is 13.1. The van der Waals surface area contributed by atoms with Gasteiger partial charge in [-0.2, -0.15) is 5.10 Å². The van der Waals surface area contributed by atoms with Gasteiger partial charge in [0.15, 0.2) is 11.2 Å². The lowest BCUT2D eigenvalue weighted by Gasteiger charge is -2.29. The summed E-state index contributed by atoms with van der Waals surface area (Å²) in [7, 11) is 0. The number of hydrogen-bond acceptors (Lipinski definition) is 7. The SMILES string of the molecule is O=C(Nc1nccs1)C(c1ncn2c1CCC2)n1cc2c(Cl)cc(-c3ccc(N4CCNCC4)cc3)cc2n1. The third kappa shape index (κ3) is 4.58. The van der Waals surface area contributed by atoms with Crippen LogP contribution in [0.25, 0.3) is 22.0 Å². The summed E-state index contributed by atoms with van der Waals surface area (Å²) in [6, 6.07) is 11.8. The Bertz CT molecular complexity index is 1640. The van der Waals surface area contributed by atoms with Crippen LogP contribution in [0.2, 0.25) is 5.02 Å². The fourth-order valence-electron chi connectivity index (χ4n) is 5.55. The molecule has 5 heterocycles. The monoisotopic (exact) mass is 558 g/mol. The Morgan fingerprint density at radius 2 is 1.92 bits per heavy atom. The van der Waals surface area contributed by atoms with Crippen LogP contribution in [-0.2, 0) is 17.8 Å². The number of fused-ring (bicyclic) bond motifs is 2. The van der Waals surface area contributed by atoms with Gasteiger partial charge < -0.3 is 14.8 Å². The normalized spacial score (nSPS) is 16.0. The molecule has 1 unspecified atom stereocenters. The topological polar surface area (TPSA) is 92.9 Å². The van der Waals surface area contributed by atoms with Crippen molar-refractivity contribution in [2.24, 2.45) is 0 Å². The fraction of sp³-hybridized carbons (Fsp3) is 0.286. The molecule has 1 atom stereocenters. The van der Waals surface area contributed by atoms with Crippen LogP contribution in [0.1, 0.15) is 23.9 Å². The Morgan fingerprint density at radius 1 is 1.08 bits per heavy atom. The first-order chi connectivity index (χ1) is 19.1. The van der Waals surface area contributed by atoms with E-state index in [4.69, 9.17) is 16.7 Å². The molecule has 2 aliphatic heterocycles. The van der Waals surface area contributed by atoms with Gasteiger partial charge in [-0.15, -0.1) is 11.3 Å². The number of piperazine rings is 1. The summed E-state index contributed by atoms with van der Waals surface area (Å²) >= 11 is 8.18. The fourth-order valence-corrected chi connectivity index (χ4v) is 6.34. The van der Waals surface area contributed by atoms with Gasteiger partial charge in [-0.3, -0.25) is 14.8 Å². The van der Waals surface area contributed by atoms with E-state index < -0.39 is 6.04 Å². The minimum absolute atomic E-state index is 0.231. The molecule has 2 aliphatic rings. The Morgan fingerprint density at radius 3 is 2.72 bits per heavy atom. The van der Waals surface area contributed by atoms with Crippen LogP contribution in [-0.4, -0.2) is 56.4 Å². The molecule has 1 saturated heterocycles. The number of hydrogen-bond donors (Lipinski definition) is 2. The lowest BCUT2D eigenvalue weighted by Crippen LogP contribution is -2.43. The first-order valence-corrected chi connectivity index (χ1v) is 14.4. The minimum Gasteiger partial charge on any atom is -0.369 e. The van der Waals surface area contributed by atoms with Crippen LogP contribution >= 0.6 is 22.9 Å². The van der Waals surface area contributed by atoms with Crippen molar-refractivity contribution in [1.29, 1.82) is 0 Å². The van der Waals surface area contributed by atoms with Gasteiger partial charge in [0.2, 0.25) is 0 Å². The zero-order valence-corrected chi connectivity index (χ0v) is 22.8. The smallest absolute Gasteiger partial charge is 0.257 e. The molecule has 3 aromatic heterocycles. The Hall–Kier alpha value is -3.73. The number of aromatic nitrogens is 5. The van der Waals surface area contributed by atoms with E-state index in [-0.39, 0.29) is 5.91 Å². The van der Waals surface area contributed by atoms with E-state index >= 15 is 0 Å². The molecule has 0 bridgehead atoms. The van der Waals surface area contributed by atoms with E-state index in [2.05, 4.69) is 54.3 Å². The lowest BCUT2D eigenvalue weighted by atomic mass is 10.0. The van der Waals surface area contributed by atoms with E-state index in [1.54, 1.807) is 10.9 Å². The van der Waals surface area contributed by atoms with E-state index in [0.717, 1.165) is 73.3 Å². The van der Waals surface area contributed by atoms with Crippen LogP contribution < -0.4 is 15.5 Å². The summed E-state index contributed by atoms with van der Waals surface area (Å²) in [6.07, 6.45) is 7.26. The van der Waals surface area contributed by atoms with Crippen molar-refractivity contribution in [3.05, 3.63) is 76.9 Å². The lowest BCUT2D eigenvalue weighted by molar-refractivity contribution is -0.118. The average molecular weight is 559 g/mol. The van der Waals surface area contributed by atoms with Gasteiger partial charge in [0.05, 0.1) is 22.6 Å². The molecule has 198 valence electrons. The molecule has 1 fully saturated rings. The van der Waals surface area contributed by atoms with Gasteiger partial charge in [0.1, 0.15) is 0 Å². The maximum atomic E-state index is 13.6. The van der Waals surface area contributed by atoms with Crippen LogP contribution in [0.3, 0.4) is 0 Å². The van der Waals surface area contributed by atoms with Gasteiger partial charge >= 0.3 is 0 Å². The molecule has 1 amide bonds. The standard InChI is InChI=1S/C28H27ClN8OS/c29-22-14-19(18-3-5-20(6-4-18)35-11-7-30-8-12-35)15-23-21(22)16-37(34-23)26(27(38)33-28-31-9-13-39-28)25-24-2-1-10-36(24)17-32-25/h3-6,9,13-17,26,30H,1-2,7-8,10-12H2,(H,31,33,38). The summed E-state index contributed by atoms with van der Waals surface area (Å²) in [4.78, 5) is 24.9. The highest BCUT2D eigenvalue weighted by molar-refractivity contribution is 7.13. The second-order valence-electron chi connectivity index (χ2n) is 9.89. The van der Waals surface area contributed by atoms with Gasteiger partial charge in [0.25, 0.3) is 5.91 Å². The molecule has 0 aliphatic carbocycles. The minimum atomic E-state index is -0.742. The number of nitrogens with one attached hydrogen (secondary N) is 2. The molecular formula is C28H27ClN8OS. The van der Waals surface area contributed by atoms with Crippen molar-refractivity contribution < 1.29 is 4.79 Å². The number of rotatable bonds is 6. The summed E-state index contributed by atoms with van der Waals surface area (Å²) in [5.41, 5.74) is 5.79. The second kappa shape index (κ2) is 10.1. The average Bonchev–Trinajstić information content (AvgIpc) is 3.76. The first kappa shape index (κ1) is 24.3. The Balaban J connectivity index is 1.25. The number of imidazole rings is 1. The summed E-state index contributed by atoms with van der Waals surface area (Å²) in [6.45, 7) is 4.92. The largest absolute Gasteiger partial charge is 0.369 e. The predicted octanol–water partition coefficient (Wildman–Crippen LogP) is 4.59. The number of nitrogens with zero attached hydrogens (tertiary/aromatic N) is 6. The van der Waals surface area contributed by atoms with Crippen LogP contribution in [0.15, 0.2) is 60.5 Å². The number of amides is 1. The molecule has 11 heteroatoms. The molecule has 9 nitrogen and oxygen atoms in total. The zero-order valence-electron chi connectivity index (χ0n) is 21.2.